The number of amides is 1. The first-order valence-corrected chi connectivity index (χ1v) is 11.2. The molecule has 4 rings (SSSR count). The van der Waals surface area contributed by atoms with Gasteiger partial charge in [-0.2, -0.15) is 5.10 Å². The minimum absolute atomic E-state index is 0.0299. The van der Waals surface area contributed by atoms with Crippen LogP contribution in [0, 0.1) is 17.3 Å². The van der Waals surface area contributed by atoms with Gasteiger partial charge in [-0.3, -0.25) is 15.0 Å². The molecular weight excluding hydrogens is 444 g/mol. The molecule has 3 aromatic rings. The first-order chi connectivity index (χ1) is 17.0. The van der Waals surface area contributed by atoms with Gasteiger partial charge in [-0.15, -0.1) is 0 Å². The highest BCUT2D eigenvalue weighted by molar-refractivity contribution is 6.16. The fourth-order valence-electron chi connectivity index (χ4n) is 3.98. The number of hydrogen-bond donors (Lipinski definition) is 4. The van der Waals surface area contributed by atoms with Crippen molar-refractivity contribution in [2.45, 2.75) is 25.8 Å². The maximum Gasteiger partial charge on any atom is 0.298 e. The molecule has 35 heavy (non-hydrogen) atoms. The molecule has 9 heteroatoms. The monoisotopic (exact) mass is 470 g/mol. The molecule has 0 aliphatic carbocycles. The average Bonchev–Trinajstić information content (AvgIpc) is 2.87. The summed E-state index contributed by atoms with van der Waals surface area (Å²) in [5, 5.41) is 18.2. The molecule has 0 bridgehead atoms. The second kappa shape index (κ2) is 10.6. The maximum atomic E-state index is 12.7. The molecule has 0 spiro atoms. The summed E-state index contributed by atoms with van der Waals surface area (Å²) in [4.78, 5) is 26.6. The molecule has 1 aromatic heterocycles. The molecule has 1 aliphatic rings. The van der Waals surface area contributed by atoms with Gasteiger partial charge in [-0.05, 0) is 62.1 Å². The van der Waals surface area contributed by atoms with Crippen LogP contribution in [0.5, 0.6) is 11.5 Å². The Hall–Kier alpha value is -4.58. The van der Waals surface area contributed by atoms with Gasteiger partial charge in [0, 0.05) is 24.7 Å². The highest BCUT2D eigenvalue weighted by Crippen LogP contribution is 2.25. The Morgan fingerprint density at radius 1 is 1.20 bits per heavy atom. The Morgan fingerprint density at radius 3 is 2.63 bits per heavy atom. The molecule has 0 radical (unpaired) electrons. The highest BCUT2D eigenvalue weighted by atomic mass is 16.5. The van der Waals surface area contributed by atoms with Gasteiger partial charge in [0.1, 0.15) is 17.2 Å². The summed E-state index contributed by atoms with van der Waals surface area (Å²) in [6.07, 6.45) is 1.52. The number of rotatable bonds is 6. The van der Waals surface area contributed by atoms with Crippen LogP contribution < -0.4 is 21.3 Å². The first-order valence-electron chi connectivity index (χ1n) is 11.2. The summed E-state index contributed by atoms with van der Waals surface area (Å²) in [6.45, 7) is 2.63. The number of aromatic nitrogens is 2. The smallest absolute Gasteiger partial charge is 0.298 e. The number of carbonyl (C=O) groups excluding carboxylic acids is 1. The zero-order valence-corrected chi connectivity index (χ0v) is 19.3. The molecule has 1 amide bonds. The minimum Gasteiger partial charge on any atom is -0.457 e. The Morgan fingerprint density at radius 2 is 1.91 bits per heavy atom. The quantitative estimate of drug-likeness (QED) is 0.323. The van der Waals surface area contributed by atoms with Crippen LogP contribution in [0.4, 0.5) is 11.5 Å². The Labute approximate surface area is 202 Å². The number of piperidine rings is 1. The van der Waals surface area contributed by atoms with Crippen LogP contribution >= 0.6 is 0 Å². The molecule has 2 aromatic carbocycles. The van der Waals surface area contributed by atoms with Gasteiger partial charge < -0.3 is 20.7 Å². The number of nitrogens with two attached hydrogens (primary N) is 1. The summed E-state index contributed by atoms with van der Waals surface area (Å²) >= 11 is 0. The SMILES string of the molecule is CC#CC(=O)N1CCC[C@@H](Nc2c(C(=N)c3ccc(Oc4ccccc4)cc3)c(N)n[nH]c2=O)C1. The standard InChI is InChI=1S/C26H26N6O3/c1-2-7-21(33)32-15-6-8-18(16-32)29-24-22(25(28)30-31-26(24)34)23(27)17-11-13-20(14-12-17)35-19-9-4-3-5-10-19/h3-5,9-14,18,27H,6,8,15-16H2,1H3,(H,31,34)(H3,28,29,30)/t18-/m1/s1. The number of carbonyl (C=O) groups is 1. The highest BCUT2D eigenvalue weighted by Gasteiger charge is 2.26. The molecule has 2 heterocycles. The number of likely N-dealkylation sites (tertiary alicyclic amines) is 1. The van der Waals surface area contributed by atoms with Gasteiger partial charge in [0.05, 0.1) is 11.3 Å². The van der Waals surface area contributed by atoms with E-state index in [1.807, 2.05) is 30.3 Å². The lowest BCUT2D eigenvalue weighted by Gasteiger charge is -2.32. The number of nitrogens with zero attached hydrogens (tertiary/aromatic N) is 2. The fraction of sp³-hybridized carbons (Fsp3) is 0.231. The van der Waals surface area contributed by atoms with E-state index in [1.165, 1.54) is 0 Å². The number of nitrogen functional groups attached to an aromatic ring is 1. The third-order valence-corrected chi connectivity index (χ3v) is 5.67. The van der Waals surface area contributed by atoms with Crippen LogP contribution in [0.2, 0.25) is 0 Å². The summed E-state index contributed by atoms with van der Waals surface area (Å²) in [5.74, 6) is 6.29. The van der Waals surface area contributed by atoms with Crippen molar-refractivity contribution in [2.75, 3.05) is 24.1 Å². The largest absolute Gasteiger partial charge is 0.457 e. The number of hydrogen-bond acceptors (Lipinski definition) is 7. The van der Waals surface area contributed by atoms with E-state index in [0.717, 1.165) is 12.8 Å². The molecule has 0 unspecified atom stereocenters. The summed E-state index contributed by atoms with van der Waals surface area (Å²) in [5.41, 5.74) is 6.59. The second-order valence-corrected chi connectivity index (χ2v) is 8.11. The lowest BCUT2D eigenvalue weighted by Crippen LogP contribution is -2.45. The van der Waals surface area contributed by atoms with Gasteiger partial charge in [-0.25, -0.2) is 5.10 Å². The third kappa shape index (κ3) is 5.50. The summed E-state index contributed by atoms with van der Waals surface area (Å²) < 4.78 is 5.82. The van der Waals surface area contributed by atoms with E-state index in [2.05, 4.69) is 27.4 Å². The van der Waals surface area contributed by atoms with Crippen molar-refractivity contribution in [3.05, 3.63) is 76.1 Å². The molecule has 1 fully saturated rings. The van der Waals surface area contributed by atoms with E-state index in [9.17, 15) is 9.59 Å². The van der Waals surface area contributed by atoms with Crippen molar-refractivity contribution in [2.24, 2.45) is 0 Å². The van der Waals surface area contributed by atoms with Crippen LogP contribution in [-0.4, -0.2) is 45.8 Å². The van der Waals surface area contributed by atoms with Gasteiger partial charge in [0.2, 0.25) is 0 Å². The zero-order valence-electron chi connectivity index (χ0n) is 19.3. The van der Waals surface area contributed by atoms with Gasteiger partial charge in [0.15, 0.2) is 5.82 Å². The number of anilines is 2. The Kier molecular flexibility index (Phi) is 7.12. The van der Waals surface area contributed by atoms with E-state index < -0.39 is 5.56 Å². The number of para-hydroxylation sites is 1. The van der Waals surface area contributed by atoms with Crippen LogP contribution in [-0.2, 0) is 4.79 Å². The van der Waals surface area contributed by atoms with Crippen molar-refractivity contribution in [1.82, 2.24) is 15.1 Å². The van der Waals surface area contributed by atoms with Crippen molar-refractivity contribution < 1.29 is 9.53 Å². The Bertz CT molecular complexity index is 1340. The number of ether oxygens (including phenoxy) is 1. The van der Waals surface area contributed by atoms with Crippen molar-refractivity contribution >= 4 is 23.1 Å². The zero-order chi connectivity index (χ0) is 24.8. The number of aromatic amines is 1. The molecular formula is C26H26N6O3. The van der Waals surface area contributed by atoms with Gasteiger partial charge >= 0.3 is 0 Å². The average molecular weight is 471 g/mol. The van der Waals surface area contributed by atoms with Crippen LogP contribution in [0.15, 0.2) is 59.4 Å². The van der Waals surface area contributed by atoms with E-state index in [0.29, 0.717) is 30.2 Å². The van der Waals surface area contributed by atoms with Crippen molar-refractivity contribution in [3.63, 3.8) is 0 Å². The van der Waals surface area contributed by atoms with Crippen LogP contribution in [0.1, 0.15) is 30.9 Å². The predicted octanol–water partition coefficient (Wildman–Crippen LogP) is 2.99. The number of benzene rings is 2. The summed E-state index contributed by atoms with van der Waals surface area (Å²) in [7, 11) is 0. The van der Waals surface area contributed by atoms with Crippen molar-refractivity contribution in [1.29, 1.82) is 5.41 Å². The fourth-order valence-corrected chi connectivity index (χ4v) is 3.98. The third-order valence-electron chi connectivity index (χ3n) is 5.67. The molecule has 1 saturated heterocycles. The first kappa shape index (κ1) is 23.6. The molecule has 9 nitrogen and oxygen atoms in total. The lowest BCUT2D eigenvalue weighted by atomic mass is 10.00. The van der Waals surface area contributed by atoms with Crippen LogP contribution in [0.3, 0.4) is 0 Å². The molecule has 178 valence electrons. The van der Waals surface area contributed by atoms with Crippen molar-refractivity contribution in [3.8, 4) is 23.3 Å². The molecule has 5 N–H and O–H groups in total. The van der Waals surface area contributed by atoms with Gasteiger partial charge in [-0.1, -0.05) is 24.1 Å². The summed E-state index contributed by atoms with van der Waals surface area (Å²) in [6, 6.07) is 16.2. The van der Waals surface area contributed by atoms with Gasteiger partial charge in [0.25, 0.3) is 11.5 Å². The van der Waals surface area contributed by atoms with Crippen LogP contribution in [0.25, 0.3) is 0 Å². The second-order valence-electron chi connectivity index (χ2n) is 8.11. The Balaban J connectivity index is 1.56. The maximum absolute atomic E-state index is 12.7. The molecule has 1 atom stereocenters. The topological polar surface area (TPSA) is 137 Å². The normalized spacial score (nSPS) is 15.0. The van der Waals surface area contributed by atoms with E-state index >= 15 is 0 Å². The number of nitrogens with one attached hydrogen (secondary N) is 3. The minimum atomic E-state index is -0.486. The molecule has 1 aliphatic heterocycles. The van der Waals surface area contributed by atoms with E-state index in [4.69, 9.17) is 15.9 Å². The lowest BCUT2D eigenvalue weighted by molar-refractivity contribution is -0.126. The number of H-pyrrole nitrogens is 1. The predicted molar refractivity (Wildman–Crippen MR) is 135 cm³/mol. The van der Waals surface area contributed by atoms with E-state index in [-0.39, 0.29) is 34.7 Å². The van der Waals surface area contributed by atoms with E-state index in [1.54, 1.807) is 36.1 Å². The molecule has 0 saturated carbocycles.